The molecule has 0 atom stereocenters. The normalized spacial score (nSPS) is 11.8. The lowest BCUT2D eigenvalue weighted by molar-refractivity contribution is -0.120. The van der Waals surface area contributed by atoms with Crippen molar-refractivity contribution in [1.82, 2.24) is 5.32 Å². The Morgan fingerprint density at radius 1 is 1.13 bits per heavy atom. The molecule has 164 valence electrons. The number of aryl methyl sites for hydroxylation is 2. The number of anilines is 1. The highest BCUT2D eigenvalue weighted by Gasteiger charge is 2.30. The van der Waals surface area contributed by atoms with Crippen LogP contribution in [0.1, 0.15) is 31.9 Å². The number of nitrogens with one attached hydrogen (secondary N) is 1. The van der Waals surface area contributed by atoms with Crippen molar-refractivity contribution in [3.05, 3.63) is 52.5 Å². The number of rotatable bonds is 7. The molecule has 0 unspecified atom stereocenters. The molecule has 0 aliphatic heterocycles. The standard InChI is InChI=1S/C22H29ClN2O4S/c1-15-7-10-19(29-6)20(11-15)30(27,28)25(13-21(26)24-14-22(3,4)5)17-9-8-16(2)18(23)12-17/h7-12H,13-14H2,1-6H3,(H,24,26). The zero-order valence-corrected chi connectivity index (χ0v) is 19.8. The smallest absolute Gasteiger partial charge is 0.268 e. The van der Waals surface area contributed by atoms with Gasteiger partial charge in [-0.1, -0.05) is 44.5 Å². The van der Waals surface area contributed by atoms with E-state index in [2.05, 4.69) is 5.32 Å². The van der Waals surface area contributed by atoms with Gasteiger partial charge in [0.1, 0.15) is 17.2 Å². The number of halogens is 1. The fraction of sp³-hybridized carbons (Fsp3) is 0.409. The van der Waals surface area contributed by atoms with Crippen LogP contribution in [-0.2, 0) is 14.8 Å². The highest BCUT2D eigenvalue weighted by atomic mass is 35.5. The highest BCUT2D eigenvalue weighted by Crippen LogP contribution is 2.32. The SMILES string of the molecule is COc1ccc(C)cc1S(=O)(=O)N(CC(=O)NCC(C)(C)C)c1ccc(C)c(Cl)c1. The zero-order valence-electron chi connectivity index (χ0n) is 18.2. The molecular formula is C22H29ClN2O4S. The predicted octanol–water partition coefficient (Wildman–Crippen LogP) is 4.32. The first-order valence-corrected chi connectivity index (χ1v) is 11.4. The summed E-state index contributed by atoms with van der Waals surface area (Å²) in [6.45, 7) is 9.61. The van der Waals surface area contributed by atoms with Crippen molar-refractivity contribution in [2.75, 3.05) is 24.5 Å². The van der Waals surface area contributed by atoms with Gasteiger partial charge in [-0.15, -0.1) is 0 Å². The van der Waals surface area contributed by atoms with Crippen molar-refractivity contribution >= 4 is 33.2 Å². The van der Waals surface area contributed by atoms with Gasteiger partial charge in [0.05, 0.1) is 12.8 Å². The Bertz CT molecular complexity index is 1030. The summed E-state index contributed by atoms with van der Waals surface area (Å²) in [5, 5.41) is 3.22. The fourth-order valence-corrected chi connectivity index (χ4v) is 4.54. The van der Waals surface area contributed by atoms with E-state index in [0.717, 1.165) is 15.4 Å². The average Bonchev–Trinajstić information content (AvgIpc) is 2.66. The van der Waals surface area contributed by atoms with Crippen LogP contribution < -0.4 is 14.4 Å². The van der Waals surface area contributed by atoms with Crippen molar-refractivity contribution in [1.29, 1.82) is 0 Å². The zero-order chi connectivity index (χ0) is 22.7. The number of hydrogen-bond donors (Lipinski definition) is 1. The van der Waals surface area contributed by atoms with Gasteiger partial charge < -0.3 is 10.1 Å². The minimum atomic E-state index is -4.11. The molecular weight excluding hydrogens is 424 g/mol. The highest BCUT2D eigenvalue weighted by molar-refractivity contribution is 7.93. The van der Waals surface area contributed by atoms with Gasteiger partial charge in [0.15, 0.2) is 0 Å². The van der Waals surface area contributed by atoms with Crippen molar-refractivity contribution in [2.24, 2.45) is 5.41 Å². The summed E-state index contributed by atoms with van der Waals surface area (Å²) in [5.41, 5.74) is 1.74. The molecule has 0 heterocycles. The van der Waals surface area contributed by atoms with Crippen LogP contribution in [0.2, 0.25) is 5.02 Å². The van der Waals surface area contributed by atoms with E-state index in [1.807, 2.05) is 27.7 Å². The molecule has 2 aromatic rings. The van der Waals surface area contributed by atoms with Gasteiger partial charge in [-0.05, 0) is 54.7 Å². The maximum absolute atomic E-state index is 13.6. The molecule has 0 aliphatic rings. The van der Waals surface area contributed by atoms with Gasteiger partial charge in [-0.3, -0.25) is 9.10 Å². The first-order valence-electron chi connectivity index (χ1n) is 9.55. The predicted molar refractivity (Wildman–Crippen MR) is 121 cm³/mol. The number of hydrogen-bond acceptors (Lipinski definition) is 4. The molecule has 2 aromatic carbocycles. The van der Waals surface area contributed by atoms with Crippen LogP contribution in [0.25, 0.3) is 0 Å². The fourth-order valence-electron chi connectivity index (χ4n) is 2.71. The Morgan fingerprint density at radius 2 is 1.80 bits per heavy atom. The quantitative estimate of drug-likeness (QED) is 0.678. The molecule has 0 fully saturated rings. The van der Waals surface area contributed by atoms with Crippen LogP contribution in [0.3, 0.4) is 0 Å². The van der Waals surface area contributed by atoms with Gasteiger partial charge in [0, 0.05) is 11.6 Å². The number of methoxy groups -OCH3 is 1. The van der Waals surface area contributed by atoms with E-state index in [-0.39, 0.29) is 22.6 Å². The van der Waals surface area contributed by atoms with E-state index in [9.17, 15) is 13.2 Å². The maximum atomic E-state index is 13.6. The van der Waals surface area contributed by atoms with E-state index in [4.69, 9.17) is 16.3 Å². The lowest BCUT2D eigenvalue weighted by atomic mass is 9.97. The van der Waals surface area contributed by atoms with Gasteiger partial charge >= 0.3 is 0 Å². The summed E-state index contributed by atoms with van der Waals surface area (Å²) < 4.78 is 33.6. The number of carbonyl (C=O) groups excluding carboxylic acids is 1. The van der Waals surface area contributed by atoms with Gasteiger partial charge in [-0.2, -0.15) is 0 Å². The Kier molecular flexibility index (Phi) is 7.42. The van der Waals surface area contributed by atoms with E-state index >= 15 is 0 Å². The number of amides is 1. The lowest BCUT2D eigenvalue weighted by Gasteiger charge is -2.26. The lowest BCUT2D eigenvalue weighted by Crippen LogP contribution is -2.43. The van der Waals surface area contributed by atoms with E-state index in [1.54, 1.807) is 37.3 Å². The summed E-state index contributed by atoms with van der Waals surface area (Å²) in [6.07, 6.45) is 0. The molecule has 1 amide bonds. The van der Waals surface area contributed by atoms with E-state index in [0.29, 0.717) is 17.3 Å². The first kappa shape index (κ1) is 24.0. The van der Waals surface area contributed by atoms with Gasteiger partial charge in [-0.25, -0.2) is 8.42 Å². The van der Waals surface area contributed by atoms with Crippen LogP contribution in [0, 0.1) is 19.3 Å². The Labute approximate surface area is 184 Å². The van der Waals surface area contributed by atoms with Gasteiger partial charge in [0.2, 0.25) is 5.91 Å². The number of nitrogens with zero attached hydrogens (tertiary/aromatic N) is 1. The summed E-state index contributed by atoms with van der Waals surface area (Å²) in [7, 11) is -2.70. The second-order valence-corrected chi connectivity index (χ2v) is 10.7. The molecule has 30 heavy (non-hydrogen) atoms. The van der Waals surface area contributed by atoms with E-state index in [1.165, 1.54) is 13.2 Å². The molecule has 0 saturated heterocycles. The van der Waals surface area contributed by atoms with Crippen LogP contribution in [0.15, 0.2) is 41.3 Å². The molecule has 2 rings (SSSR count). The largest absolute Gasteiger partial charge is 0.495 e. The molecule has 0 radical (unpaired) electrons. The number of ether oxygens (including phenoxy) is 1. The third-order valence-corrected chi connectivity index (χ3v) is 6.64. The van der Waals surface area contributed by atoms with Crippen molar-refractivity contribution in [2.45, 2.75) is 39.5 Å². The number of sulfonamides is 1. The summed E-state index contributed by atoms with van der Waals surface area (Å²) in [5.74, 6) is -0.198. The summed E-state index contributed by atoms with van der Waals surface area (Å²) in [4.78, 5) is 12.6. The van der Waals surface area contributed by atoms with Crippen LogP contribution in [0.4, 0.5) is 5.69 Å². The number of benzene rings is 2. The Hall–Kier alpha value is -2.25. The second-order valence-electron chi connectivity index (χ2n) is 8.44. The number of carbonyl (C=O) groups is 1. The average molecular weight is 453 g/mol. The molecule has 6 nitrogen and oxygen atoms in total. The van der Waals surface area contributed by atoms with Gasteiger partial charge in [0.25, 0.3) is 10.0 Å². The second kappa shape index (κ2) is 9.27. The van der Waals surface area contributed by atoms with Crippen molar-refractivity contribution < 1.29 is 17.9 Å². The molecule has 0 aliphatic carbocycles. The molecule has 0 spiro atoms. The topological polar surface area (TPSA) is 75.7 Å². The first-order chi connectivity index (χ1) is 13.8. The van der Waals surface area contributed by atoms with Crippen molar-refractivity contribution in [3.63, 3.8) is 0 Å². The molecule has 0 aromatic heterocycles. The van der Waals surface area contributed by atoms with Crippen LogP contribution >= 0.6 is 11.6 Å². The molecule has 0 bridgehead atoms. The Balaban J connectivity index is 2.53. The van der Waals surface area contributed by atoms with Crippen LogP contribution in [-0.4, -0.2) is 34.5 Å². The third-order valence-electron chi connectivity index (χ3n) is 4.43. The molecule has 8 heteroatoms. The summed E-state index contributed by atoms with van der Waals surface area (Å²) >= 11 is 6.25. The Morgan fingerprint density at radius 3 is 2.37 bits per heavy atom. The monoisotopic (exact) mass is 452 g/mol. The molecule has 0 saturated carbocycles. The van der Waals surface area contributed by atoms with Crippen LogP contribution in [0.5, 0.6) is 5.75 Å². The third kappa shape index (κ3) is 5.89. The van der Waals surface area contributed by atoms with E-state index < -0.39 is 15.9 Å². The maximum Gasteiger partial charge on any atom is 0.268 e. The minimum Gasteiger partial charge on any atom is -0.495 e. The summed E-state index contributed by atoms with van der Waals surface area (Å²) in [6, 6.07) is 9.81. The van der Waals surface area contributed by atoms with Crippen molar-refractivity contribution in [3.8, 4) is 5.75 Å². The molecule has 1 N–H and O–H groups in total. The minimum absolute atomic E-state index is 0.00896.